The van der Waals surface area contributed by atoms with Gasteiger partial charge in [0.25, 0.3) is 0 Å². The topological polar surface area (TPSA) is 124 Å². The van der Waals surface area contributed by atoms with Crippen LogP contribution < -0.4 is 5.73 Å². The molecule has 0 unspecified atom stereocenters. The second-order valence-corrected chi connectivity index (χ2v) is 2.38. The predicted molar refractivity (Wildman–Crippen MR) is 39.2 cm³/mol. The molecule has 0 saturated carbocycles. The van der Waals surface area contributed by atoms with E-state index >= 15 is 0 Å². The second-order valence-electron chi connectivity index (χ2n) is 2.38. The van der Waals surface area contributed by atoms with Crippen LogP contribution in [0.4, 0.5) is 0 Å². The average Bonchev–Trinajstić information content (AvgIpc) is 2.12. The minimum Gasteiger partial charge on any atom is -0.394 e. The van der Waals surface area contributed by atoms with Gasteiger partial charge in [-0.2, -0.15) is 0 Å². The predicted octanol–water partition coefficient (Wildman–Crippen LogP) is -3.41. The first kappa shape index (κ1) is 11.5. The van der Waals surface area contributed by atoms with E-state index in [-0.39, 0.29) is 0 Å². The molecule has 6 heteroatoms. The van der Waals surface area contributed by atoms with Crippen LogP contribution in [0.2, 0.25) is 0 Å². The number of aliphatic hydroxyl groups excluding tert-OH is 4. The van der Waals surface area contributed by atoms with Gasteiger partial charge in [0.1, 0.15) is 6.10 Å². The van der Waals surface area contributed by atoms with E-state index in [2.05, 4.69) is 0 Å². The maximum Gasteiger partial charge on any atom is 0.182 e. The van der Waals surface area contributed by atoms with Crippen molar-refractivity contribution >= 4 is 5.78 Å². The first-order valence-corrected chi connectivity index (χ1v) is 3.41. The number of hydrogen-bond donors (Lipinski definition) is 5. The number of aliphatic hydroxyl groups is 4. The summed E-state index contributed by atoms with van der Waals surface area (Å²) in [4.78, 5) is 10.9. The van der Waals surface area contributed by atoms with Gasteiger partial charge >= 0.3 is 0 Å². The fraction of sp³-hybridized carbons (Fsp3) is 0.833. The van der Waals surface area contributed by atoms with Crippen molar-refractivity contribution in [2.24, 2.45) is 5.73 Å². The zero-order valence-corrected chi connectivity index (χ0v) is 6.42. The Kier molecular flexibility index (Phi) is 4.95. The summed E-state index contributed by atoms with van der Waals surface area (Å²) in [6.45, 7) is -1.41. The van der Waals surface area contributed by atoms with Crippen molar-refractivity contribution in [1.29, 1.82) is 0 Å². The van der Waals surface area contributed by atoms with Crippen LogP contribution in [0.5, 0.6) is 0 Å². The fourth-order valence-electron chi connectivity index (χ4n) is 0.615. The zero-order chi connectivity index (χ0) is 9.72. The Morgan fingerprint density at radius 3 is 2.08 bits per heavy atom. The molecular formula is C6H13NO5. The van der Waals surface area contributed by atoms with Gasteiger partial charge in [-0.3, -0.25) is 4.79 Å². The van der Waals surface area contributed by atoms with Gasteiger partial charge in [0.05, 0.1) is 25.4 Å². The molecule has 0 fully saturated rings. The molecule has 0 aromatic heterocycles. The lowest BCUT2D eigenvalue weighted by Gasteiger charge is -2.17. The molecule has 0 bridgehead atoms. The van der Waals surface area contributed by atoms with Gasteiger partial charge in [0.2, 0.25) is 0 Å². The third kappa shape index (κ3) is 2.84. The van der Waals surface area contributed by atoms with E-state index in [9.17, 15) is 4.79 Å². The molecular weight excluding hydrogens is 166 g/mol. The number of carbonyl (C=O) groups is 1. The Morgan fingerprint density at radius 2 is 1.75 bits per heavy atom. The molecule has 3 atom stereocenters. The van der Waals surface area contributed by atoms with Crippen molar-refractivity contribution in [3.05, 3.63) is 0 Å². The highest BCUT2D eigenvalue weighted by Gasteiger charge is 2.26. The molecule has 0 aliphatic carbocycles. The summed E-state index contributed by atoms with van der Waals surface area (Å²) in [6.07, 6.45) is -3.00. The van der Waals surface area contributed by atoms with Gasteiger partial charge in [0, 0.05) is 0 Å². The van der Waals surface area contributed by atoms with Crippen LogP contribution in [-0.4, -0.2) is 57.7 Å². The smallest absolute Gasteiger partial charge is 0.182 e. The molecule has 0 aromatic rings. The third-order valence-electron chi connectivity index (χ3n) is 1.43. The van der Waals surface area contributed by atoms with Gasteiger partial charge in [-0.1, -0.05) is 0 Å². The van der Waals surface area contributed by atoms with Gasteiger partial charge in [-0.25, -0.2) is 0 Å². The van der Waals surface area contributed by atoms with E-state index in [1.54, 1.807) is 0 Å². The lowest BCUT2D eigenvalue weighted by Crippen LogP contribution is -2.49. The van der Waals surface area contributed by atoms with Gasteiger partial charge in [-0.05, 0) is 0 Å². The van der Waals surface area contributed by atoms with Crippen molar-refractivity contribution < 1.29 is 25.2 Å². The largest absolute Gasteiger partial charge is 0.394 e. The molecule has 0 aliphatic heterocycles. The first-order chi connectivity index (χ1) is 5.54. The molecule has 0 spiro atoms. The van der Waals surface area contributed by atoms with Crippen LogP contribution >= 0.6 is 0 Å². The van der Waals surface area contributed by atoms with E-state index in [1.165, 1.54) is 0 Å². The normalized spacial score (nSPS) is 18.4. The SMILES string of the molecule is N[C@H](C(=O)[C@H](O)CO)[C@H](O)CO. The Balaban J connectivity index is 4.09. The summed E-state index contributed by atoms with van der Waals surface area (Å²) in [5.41, 5.74) is 5.12. The van der Waals surface area contributed by atoms with Gasteiger partial charge < -0.3 is 26.2 Å². The highest BCUT2D eigenvalue weighted by Crippen LogP contribution is 1.95. The van der Waals surface area contributed by atoms with Crippen LogP contribution in [0.15, 0.2) is 0 Å². The number of hydrogen-bond acceptors (Lipinski definition) is 6. The summed E-state index contributed by atoms with van der Waals surface area (Å²) in [6, 6.07) is -1.36. The van der Waals surface area contributed by atoms with Crippen molar-refractivity contribution in [2.75, 3.05) is 13.2 Å². The second kappa shape index (κ2) is 5.18. The number of carbonyl (C=O) groups excluding carboxylic acids is 1. The number of ketones is 1. The Morgan fingerprint density at radius 1 is 1.25 bits per heavy atom. The highest BCUT2D eigenvalue weighted by atomic mass is 16.3. The van der Waals surface area contributed by atoms with Crippen LogP contribution in [0, 0.1) is 0 Å². The number of Topliss-reactive ketones (excluding diaryl/α,β-unsaturated/α-hetero) is 1. The molecule has 6 N–H and O–H groups in total. The highest BCUT2D eigenvalue weighted by molar-refractivity contribution is 5.88. The maximum atomic E-state index is 10.9. The monoisotopic (exact) mass is 179 g/mol. The molecule has 0 rings (SSSR count). The zero-order valence-electron chi connectivity index (χ0n) is 6.42. The summed E-state index contributed by atoms with van der Waals surface area (Å²) in [5, 5.41) is 34.3. The average molecular weight is 179 g/mol. The Bertz CT molecular complexity index is 151. The molecule has 0 heterocycles. The van der Waals surface area contributed by atoms with Crippen molar-refractivity contribution in [3.8, 4) is 0 Å². The van der Waals surface area contributed by atoms with E-state index in [0.29, 0.717) is 0 Å². The lowest BCUT2D eigenvalue weighted by molar-refractivity contribution is -0.133. The lowest BCUT2D eigenvalue weighted by atomic mass is 10.0. The Labute approximate surface area is 69.2 Å². The molecule has 0 saturated heterocycles. The molecule has 0 radical (unpaired) electrons. The number of nitrogens with two attached hydrogens (primary N) is 1. The van der Waals surface area contributed by atoms with E-state index < -0.39 is 37.2 Å². The molecule has 6 nitrogen and oxygen atoms in total. The molecule has 72 valence electrons. The van der Waals surface area contributed by atoms with Crippen molar-refractivity contribution in [1.82, 2.24) is 0 Å². The maximum absolute atomic E-state index is 10.9. The Hall–Kier alpha value is -0.530. The van der Waals surface area contributed by atoms with Gasteiger partial charge in [0.15, 0.2) is 5.78 Å². The third-order valence-corrected chi connectivity index (χ3v) is 1.43. The minimum absolute atomic E-state index is 0.662. The molecule has 12 heavy (non-hydrogen) atoms. The van der Waals surface area contributed by atoms with Gasteiger partial charge in [-0.15, -0.1) is 0 Å². The quantitative estimate of drug-likeness (QED) is 0.299. The van der Waals surface area contributed by atoms with Crippen LogP contribution in [0.1, 0.15) is 0 Å². The van der Waals surface area contributed by atoms with Crippen LogP contribution in [-0.2, 0) is 4.79 Å². The molecule has 0 amide bonds. The molecule has 0 aromatic carbocycles. The number of rotatable bonds is 5. The van der Waals surface area contributed by atoms with E-state index in [0.717, 1.165) is 0 Å². The molecule has 0 aliphatic rings. The van der Waals surface area contributed by atoms with Crippen molar-refractivity contribution in [3.63, 3.8) is 0 Å². The summed E-state index contributed by atoms with van der Waals surface area (Å²) in [7, 11) is 0. The van der Waals surface area contributed by atoms with E-state index in [1.807, 2.05) is 0 Å². The first-order valence-electron chi connectivity index (χ1n) is 3.41. The van der Waals surface area contributed by atoms with Crippen molar-refractivity contribution in [2.45, 2.75) is 18.2 Å². The summed E-state index contributed by atoms with van der Waals surface area (Å²) < 4.78 is 0. The fourth-order valence-corrected chi connectivity index (χ4v) is 0.615. The summed E-state index contributed by atoms with van der Waals surface area (Å²) >= 11 is 0. The summed E-state index contributed by atoms with van der Waals surface area (Å²) in [5.74, 6) is -0.890. The van der Waals surface area contributed by atoms with Crippen LogP contribution in [0.25, 0.3) is 0 Å². The standard InChI is InChI=1S/C6H13NO5/c7-5(3(10)1-8)6(12)4(11)2-9/h3-5,8-11H,1-2,7H2/t3-,4-,5+/m1/s1. The van der Waals surface area contributed by atoms with E-state index in [4.69, 9.17) is 26.2 Å². The minimum atomic E-state index is -1.60. The van der Waals surface area contributed by atoms with Crippen LogP contribution in [0.3, 0.4) is 0 Å².